The second-order valence-corrected chi connectivity index (χ2v) is 9.74. The molecule has 5 atom stereocenters. The number of aliphatic hydroxyl groups excluding tert-OH is 1. The molecule has 0 bridgehead atoms. The molecule has 0 saturated carbocycles. The summed E-state index contributed by atoms with van der Waals surface area (Å²) >= 11 is 0. The van der Waals surface area contributed by atoms with Gasteiger partial charge in [-0.25, -0.2) is 0 Å². The SMILES string of the molecule is CCCCNC(=O)[C@H](C)C[C@H](O)[C@@H]1C[C@H](C)CCCCCCOCC(=O)N(C)[C@@H](C)C(=O)N1. The van der Waals surface area contributed by atoms with Crippen molar-refractivity contribution in [3.63, 3.8) is 0 Å². The van der Waals surface area contributed by atoms with Gasteiger partial charge in [-0.15, -0.1) is 0 Å². The predicted molar refractivity (Wildman–Crippen MR) is 130 cm³/mol. The molecular formula is C25H47N3O5. The fourth-order valence-electron chi connectivity index (χ4n) is 4.07. The first-order chi connectivity index (χ1) is 15.7. The molecule has 3 N–H and O–H groups in total. The summed E-state index contributed by atoms with van der Waals surface area (Å²) < 4.78 is 5.48. The number of amides is 3. The van der Waals surface area contributed by atoms with Crippen LogP contribution in [0, 0.1) is 11.8 Å². The van der Waals surface area contributed by atoms with E-state index in [0.717, 1.165) is 44.9 Å². The number of likely N-dealkylation sites (N-methyl/N-ethyl adjacent to an activating group) is 1. The average Bonchev–Trinajstić information content (AvgIpc) is 2.78. The van der Waals surface area contributed by atoms with Crippen LogP contribution in [0.1, 0.15) is 85.5 Å². The van der Waals surface area contributed by atoms with Gasteiger partial charge in [0.1, 0.15) is 12.6 Å². The molecule has 1 rings (SSSR count). The van der Waals surface area contributed by atoms with Gasteiger partial charge in [0, 0.05) is 26.1 Å². The molecule has 1 saturated heterocycles. The van der Waals surface area contributed by atoms with E-state index < -0.39 is 18.2 Å². The third-order valence-corrected chi connectivity index (χ3v) is 6.64. The zero-order valence-electron chi connectivity index (χ0n) is 21.4. The topological polar surface area (TPSA) is 108 Å². The van der Waals surface area contributed by atoms with E-state index >= 15 is 0 Å². The minimum absolute atomic E-state index is 0.0398. The van der Waals surface area contributed by atoms with Crippen LogP contribution in [0.4, 0.5) is 0 Å². The fraction of sp³-hybridized carbons (Fsp3) is 0.880. The summed E-state index contributed by atoms with van der Waals surface area (Å²) in [7, 11) is 1.59. The van der Waals surface area contributed by atoms with E-state index in [1.807, 2.05) is 0 Å². The summed E-state index contributed by atoms with van der Waals surface area (Å²) in [5, 5.41) is 16.9. The highest BCUT2D eigenvalue weighted by Gasteiger charge is 2.30. The molecule has 3 amide bonds. The number of ether oxygens (including phenoxy) is 1. The van der Waals surface area contributed by atoms with Crippen LogP contribution in [-0.4, -0.2) is 72.7 Å². The zero-order chi connectivity index (χ0) is 24.8. The molecule has 1 aliphatic heterocycles. The summed E-state index contributed by atoms with van der Waals surface area (Å²) in [6.45, 7) is 8.83. The largest absolute Gasteiger partial charge is 0.391 e. The van der Waals surface area contributed by atoms with Crippen molar-refractivity contribution in [3.8, 4) is 0 Å². The number of unbranched alkanes of at least 4 members (excludes halogenated alkanes) is 1. The van der Waals surface area contributed by atoms with Gasteiger partial charge in [0.15, 0.2) is 0 Å². The first-order valence-corrected chi connectivity index (χ1v) is 12.8. The van der Waals surface area contributed by atoms with Crippen molar-refractivity contribution < 1.29 is 24.2 Å². The minimum Gasteiger partial charge on any atom is -0.391 e. The molecule has 1 heterocycles. The van der Waals surface area contributed by atoms with Gasteiger partial charge in [-0.3, -0.25) is 14.4 Å². The monoisotopic (exact) mass is 469 g/mol. The van der Waals surface area contributed by atoms with Crippen LogP contribution in [0.3, 0.4) is 0 Å². The van der Waals surface area contributed by atoms with E-state index in [-0.39, 0.29) is 36.7 Å². The molecular weight excluding hydrogens is 422 g/mol. The van der Waals surface area contributed by atoms with Crippen molar-refractivity contribution in [2.75, 3.05) is 26.8 Å². The molecule has 8 heteroatoms. The molecule has 0 aromatic carbocycles. The molecule has 8 nitrogen and oxygen atoms in total. The molecule has 0 radical (unpaired) electrons. The van der Waals surface area contributed by atoms with Gasteiger partial charge in [0.25, 0.3) is 0 Å². The van der Waals surface area contributed by atoms with E-state index in [1.165, 1.54) is 4.90 Å². The number of rotatable bonds is 7. The zero-order valence-corrected chi connectivity index (χ0v) is 21.4. The lowest BCUT2D eigenvalue weighted by Gasteiger charge is -2.31. The van der Waals surface area contributed by atoms with Crippen molar-refractivity contribution in [1.82, 2.24) is 15.5 Å². The first kappa shape index (κ1) is 29.4. The van der Waals surface area contributed by atoms with Gasteiger partial charge < -0.3 is 25.4 Å². The molecule has 0 unspecified atom stereocenters. The van der Waals surface area contributed by atoms with E-state index in [9.17, 15) is 19.5 Å². The number of aliphatic hydroxyl groups is 1. The molecule has 0 aromatic rings. The van der Waals surface area contributed by atoms with Crippen molar-refractivity contribution >= 4 is 17.7 Å². The predicted octanol–water partition coefficient (Wildman–Crippen LogP) is 2.63. The number of carbonyl (C=O) groups is 3. The summed E-state index contributed by atoms with van der Waals surface area (Å²) in [5.41, 5.74) is 0. The Morgan fingerprint density at radius 3 is 2.64 bits per heavy atom. The third kappa shape index (κ3) is 11.3. The van der Waals surface area contributed by atoms with E-state index in [0.29, 0.717) is 25.5 Å². The average molecular weight is 470 g/mol. The minimum atomic E-state index is -0.848. The van der Waals surface area contributed by atoms with Crippen LogP contribution in [-0.2, 0) is 19.1 Å². The molecule has 0 aromatic heterocycles. The van der Waals surface area contributed by atoms with Crippen LogP contribution >= 0.6 is 0 Å². The fourth-order valence-corrected chi connectivity index (χ4v) is 4.07. The van der Waals surface area contributed by atoms with Gasteiger partial charge in [0.2, 0.25) is 17.7 Å². The summed E-state index contributed by atoms with van der Waals surface area (Å²) in [6, 6.07) is -1.16. The Labute approximate surface area is 200 Å². The Hall–Kier alpha value is -1.67. The normalized spacial score (nSPS) is 26.4. The summed E-state index contributed by atoms with van der Waals surface area (Å²) in [6.07, 6.45) is 7.13. The standard InChI is InChI=1S/C25H47N3O5/c1-6-7-13-26-24(31)19(3)16-22(29)21-15-18(2)12-10-8-9-11-14-33-17-23(30)28(5)20(4)25(32)27-21/h18-22,29H,6-17H2,1-5H3,(H,26,31)(H,27,32)/t18-,19-,20+,21+,22+/m1/s1. The Morgan fingerprint density at radius 2 is 1.94 bits per heavy atom. The maximum absolute atomic E-state index is 12.9. The van der Waals surface area contributed by atoms with Gasteiger partial charge in [0.05, 0.1) is 12.1 Å². The third-order valence-electron chi connectivity index (χ3n) is 6.64. The van der Waals surface area contributed by atoms with Gasteiger partial charge >= 0.3 is 0 Å². The highest BCUT2D eigenvalue weighted by atomic mass is 16.5. The van der Waals surface area contributed by atoms with Crippen LogP contribution in [0.2, 0.25) is 0 Å². The highest BCUT2D eigenvalue weighted by molar-refractivity contribution is 5.87. The lowest BCUT2D eigenvalue weighted by Crippen LogP contribution is -2.53. The van der Waals surface area contributed by atoms with Crippen molar-refractivity contribution in [2.45, 2.75) is 104 Å². The van der Waals surface area contributed by atoms with Crippen molar-refractivity contribution in [3.05, 3.63) is 0 Å². The molecule has 192 valence electrons. The summed E-state index contributed by atoms with van der Waals surface area (Å²) in [4.78, 5) is 39.1. The van der Waals surface area contributed by atoms with Gasteiger partial charge in [-0.05, 0) is 38.5 Å². The quantitative estimate of drug-likeness (QED) is 0.497. The second kappa shape index (κ2) is 16.0. The van der Waals surface area contributed by atoms with Crippen LogP contribution in [0.5, 0.6) is 0 Å². The maximum atomic E-state index is 12.9. The van der Waals surface area contributed by atoms with E-state index in [1.54, 1.807) is 20.9 Å². The van der Waals surface area contributed by atoms with Crippen LogP contribution < -0.4 is 10.6 Å². The lowest BCUT2D eigenvalue weighted by molar-refractivity contribution is -0.142. The molecule has 0 spiro atoms. The molecule has 1 fully saturated rings. The number of nitrogens with one attached hydrogen (secondary N) is 2. The van der Waals surface area contributed by atoms with Crippen molar-refractivity contribution in [2.24, 2.45) is 11.8 Å². The number of hydrogen-bond acceptors (Lipinski definition) is 5. The lowest BCUT2D eigenvalue weighted by atomic mass is 9.89. The molecule has 33 heavy (non-hydrogen) atoms. The van der Waals surface area contributed by atoms with Gasteiger partial charge in [-0.2, -0.15) is 0 Å². The van der Waals surface area contributed by atoms with Crippen LogP contribution in [0.25, 0.3) is 0 Å². The van der Waals surface area contributed by atoms with Crippen LogP contribution in [0.15, 0.2) is 0 Å². The van der Waals surface area contributed by atoms with Crippen molar-refractivity contribution in [1.29, 1.82) is 0 Å². The second-order valence-electron chi connectivity index (χ2n) is 9.74. The van der Waals surface area contributed by atoms with E-state index in [2.05, 4.69) is 24.5 Å². The Kier molecular flexibility index (Phi) is 14.3. The number of nitrogens with zero attached hydrogens (tertiary/aromatic N) is 1. The maximum Gasteiger partial charge on any atom is 0.248 e. The Balaban J connectivity index is 2.86. The highest BCUT2D eigenvalue weighted by Crippen LogP contribution is 2.21. The number of hydrogen-bond donors (Lipinski definition) is 3. The Morgan fingerprint density at radius 1 is 1.24 bits per heavy atom. The van der Waals surface area contributed by atoms with E-state index in [4.69, 9.17) is 4.74 Å². The molecule has 0 aliphatic carbocycles. The number of carbonyl (C=O) groups excluding carboxylic acids is 3. The Bertz CT molecular complexity index is 601. The smallest absolute Gasteiger partial charge is 0.248 e. The first-order valence-electron chi connectivity index (χ1n) is 12.8. The molecule has 1 aliphatic rings. The summed E-state index contributed by atoms with van der Waals surface area (Å²) in [5.74, 6) is -0.670. The van der Waals surface area contributed by atoms with Gasteiger partial charge in [-0.1, -0.05) is 52.9 Å².